The molecule has 2 N–H and O–H groups in total. The van der Waals surface area contributed by atoms with Crippen molar-refractivity contribution < 1.29 is 9.50 Å². The summed E-state index contributed by atoms with van der Waals surface area (Å²) in [5, 5.41) is 12.2. The minimum atomic E-state index is -0.900. The summed E-state index contributed by atoms with van der Waals surface area (Å²) in [5.74, 6) is 0.657. The van der Waals surface area contributed by atoms with Gasteiger partial charge in [-0.15, -0.1) is 0 Å². The second-order valence-corrected chi connectivity index (χ2v) is 3.82. The highest BCUT2D eigenvalue weighted by atomic mass is 19.1. The summed E-state index contributed by atoms with van der Waals surface area (Å²) in [6.07, 6.45) is -0.319. The van der Waals surface area contributed by atoms with Crippen molar-refractivity contribution in [3.8, 4) is 5.75 Å². The van der Waals surface area contributed by atoms with Crippen LogP contribution in [-0.4, -0.2) is 18.2 Å². The van der Waals surface area contributed by atoms with Crippen molar-refractivity contribution in [2.45, 2.75) is 12.6 Å². The molecule has 3 heteroatoms. The predicted molar refractivity (Wildman–Crippen MR) is 52.9 cm³/mol. The second kappa shape index (κ2) is 3.96. The maximum Gasteiger partial charge on any atom is 0.125 e. The lowest BCUT2D eigenvalue weighted by Gasteiger charge is -2.28. The normalized spacial score (nSPS) is 18.9. The Labute approximate surface area is 82.8 Å². The number of phenols is 1. The average molecular weight is 195 g/mol. The van der Waals surface area contributed by atoms with E-state index in [0.29, 0.717) is 17.9 Å². The highest BCUT2D eigenvalue weighted by Gasteiger charge is 2.22. The summed E-state index contributed by atoms with van der Waals surface area (Å²) >= 11 is 0. The average Bonchev–Trinajstić information content (AvgIpc) is 2.12. The summed E-state index contributed by atoms with van der Waals surface area (Å²) in [4.78, 5) is 0. The molecule has 0 bridgehead atoms. The Morgan fingerprint density at radius 2 is 2.00 bits per heavy atom. The molecule has 1 aromatic rings. The van der Waals surface area contributed by atoms with E-state index in [1.54, 1.807) is 12.1 Å². The van der Waals surface area contributed by atoms with Crippen molar-refractivity contribution in [3.05, 3.63) is 29.8 Å². The molecule has 1 aliphatic heterocycles. The molecule has 76 valence electrons. The van der Waals surface area contributed by atoms with Gasteiger partial charge in [0.1, 0.15) is 11.9 Å². The van der Waals surface area contributed by atoms with Crippen LogP contribution in [-0.2, 0) is 0 Å². The SMILES string of the molecule is Oc1ccc(C(F)CC2CNC2)cc1. The monoisotopic (exact) mass is 195 g/mol. The molecule has 14 heavy (non-hydrogen) atoms. The topological polar surface area (TPSA) is 32.3 Å². The smallest absolute Gasteiger partial charge is 0.125 e. The van der Waals surface area contributed by atoms with Crippen LogP contribution in [0.2, 0.25) is 0 Å². The molecule has 0 spiro atoms. The van der Waals surface area contributed by atoms with Gasteiger partial charge in [0.2, 0.25) is 0 Å². The molecule has 0 aliphatic carbocycles. The number of aromatic hydroxyl groups is 1. The Kier molecular flexibility index (Phi) is 2.68. The van der Waals surface area contributed by atoms with E-state index in [9.17, 15) is 4.39 Å². The summed E-state index contributed by atoms with van der Waals surface area (Å²) in [5.41, 5.74) is 0.662. The van der Waals surface area contributed by atoms with Crippen molar-refractivity contribution in [1.29, 1.82) is 0 Å². The number of hydrogen-bond acceptors (Lipinski definition) is 2. The van der Waals surface area contributed by atoms with Gasteiger partial charge in [-0.2, -0.15) is 0 Å². The Morgan fingerprint density at radius 1 is 1.36 bits per heavy atom. The molecule has 1 aromatic carbocycles. The van der Waals surface area contributed by atoms with Gasteiger partial charge in [0.15, 0.2) is 0 Å². The van der Waals surface area contributed by atoms with Gasteiger partial charge in [-0.25, -0.2) is 4.39 Å². The number of phenolic OH excluding ortho intramolecular Hbond substituents is 1. The maximum absolute atomic E-state index is 13.6. The Morgan fingerprint density at radius 3 is 2.50 bits per heavy atom. The molecule has 2 nitrogen and oxygen atoms in total. The molecular weight excluding hydrogens is 181 g/mol. The number of alkyl halides is 1. The van der Waals surface area contributed by atoms with Crippen LogP contribution >= 0.6 is 0 Å². The van der Waals surface area contributed by atoms with Crippen molar-refractivity contribution >= 4 is 0 Å². The zero-order valence-electron chi connectivity index (χ0n) is 7.91. The molecule has 0 saturated carbocycles. The molecule has 1 fully saturated rings. The van der Waals surface area contributed by atoms with Crippen molar-refractivity contribution in [2.24, 2.45) is 5.92 Å². The molecule has 0 amide bonds. The zero-order chi connectivity index (χ0) is 9.97. The van der Waals surface area contributed by atoms with Crippen LogP contribution in [0.4, 0.5) is 4.39 Å². The molecule has 1 aliphatic rings. The summed E-state index contributed by atoms with van der Waals surface area (Å²) in [7, 11) is 0. The van der Waals surface area contributed by atoms with Gasteiger partial charge in [0.05, 0.1) is 0 Å². The summed E-state index contributed by atoms with van der Waals surface area (Å²) < 4.78 is 13.6. The van der Waals surface area contributed by atoms with Gasteiger partial charge in [-0.3, -0.25) is 0 Å². The van der Waals surface area contributed by atoms with E-state index in [2.05, 4.69) is 5.32 Å². The second-order valence-electron chi connectivity index (χ2n) is 3.82. The number of rotatable bonds is 3. The van der Waals surface area contributed by atoms with E-state index < -0.39 is 6.17 Å². The molecular formula is C11H14FNO. The third-order valence-corrected chi connectivity index (χ3v) is 2.66. The van der Waals surface area contributed by atoms with Crippen LogP contribution in [0.1, 0.15) is 18.2 Å². The van der Waals surface area contributed by atoms with Gasteiger partial charge < -0.3 is 10.4 Å². The van der Waals surface area contributed by atoms with Crippen LogP contribution in [0.25, 0.3) is 0 Å². The Bertz CT molecular complexity index is 295. The first kappa shape index (κ1) is 9.46. The zero-order valence-corrected chi connectivity index (χ0v) is 7.91. The molecule has 0 radical (unpaired) electrons. The van der Waals surface area contributed by atoms with E-state index in [0.717, 1.165) is 13.1 Å². The number of benzene rings is 1. The standard InChI is InChI=1S/C11H14FNO/c12-11(5-8-6-13-7-8)9-1-3-10(14)4-2-9/h1-4,8,11,13-14H,5-7H2. The van der Waals surface area contributed by atoms with Gasteiger partial charge in [-0.1, -0.05) is 12.1 Å². The molecule has 1 atom stereocenters. The molecule has 1 heterocycles. The Hall–Kier alpha value is -1.09. The first-order chi connectivity index (χ1) is 6.75. The van der Waals surface area contributed by atoms with Crippen LogP contribution in [0.3, 0.4) is 0 Å². The molecule has 1 saturated heterocycles. The largest absolute Gasteiger partial charge is 0.508 e. The lowest BCUT2D eigenvalue weighted by atomic mass is 9.93. The molecule has 0 aromatic heterocycles. The van der Waals surface area contributed by atoms with Crippen LogP contribution in [0.5, 0.6) is 5.75 Å². The fourth-order valence-corrected chi connectivity index (χ4v) is 1.63. The van der Waals surface area contributed by atoms with Gasteiger partial charge >= 0.3 is 0 Å². The highest BCUT2D eigenvalue weighted by molar-refractivity contribution is 5.27. The highest BCUT2D eigenvalue weighted by Crippen LogP contribution is 2.27. The minimum Gasteiger partial charge on any atom is -0.508 e. The molecule has 2 rings (SSSR count). The lowest BCUT2D eigenvalue weighted by Crippen LogP contribution is -2.42. The van der Waals surface area contributed by atoms with Crippen molar-refractivity contribution in [1.82, 2.24) is 5.32 Å². The van der Waals surface area contributed by atoms with Crippen molar-refractivity contribution in [3.63, 3.8) is 0 Å². The summed E-state index contributed by atoms with van der Waals surface area (Å²) in [6.45, 7) is 1.86. The lowest BCUT2D eigenvalue weighted by molar-refractivity contribution is 0.224. The number of nitrogens with one attached hydrogen (secondary N) is 1. The van der Waals surface area contributed by atoms with E-state index >= 15 is 0 Å². The van der Waals surface area contributed by atoms with Crippen molar-refractivity contribution in [2.75, 3.05) is 13.1 Å². The van der Waals surface area contributed by atoms with E-state index in [1.165, 1.54) is 12.1 Å². The van der Waals surface area contributed by atoms with E-state index in [4.69, 9.17) is 5.11 Å². The fourth-order valence-electron chi connectivity index (χ4n) is 1.63. The third kappa shape index (κ3) is 2.04. The van der Waals surface area contributed by atoms with Crippen LogP contribution in [0.15, 0.2) is 24.3 Å². The van der Waals surface area contributed by atoms with Gasteiger partial charge in [0, 0.05) is 0 Å². The fraction of sp³-hybridized carbons (Fsp3) is 0.455. The quantitative estimate of drug-likeness (QED) is 0.773. The summed E-state index contributed by atoms with van der Waals surface area (Å²) in [6, 6.07) is 6.35. The predicted octanol–water partition coefficient (Wildman–Crippen LogP) is 2.01. The van der Waals surface area contributed by atoms with Crippen LogP contribution < -0.4 is 5.32 Å². The Balaban J connectivity index is 1.95. The number of halogens is 1. The first-order valence-electron chi connectivity index (χ1n) is 4.89. The third-order valence-electron chi connectivity index (χ3n) is 2.66. The maximum atomic E-state index is 13.6. The van der Waals surface area contributed by atoms with E-state index in [-0.39, 0.29) is 5.75 Å². The minimum absolute atomic E-state index is 0.186. The van der Waals surface area contributed by atoms with E-state index in [1.807, 2.05) is 0 Å². The van der Waals surface area contributed by atoms with Gasteiger partial charge in [0.25, 0.3) is 0 Å². The van der Waals surface area contributed by atoms with Gasteiger partial charge in [-0.05, 0) is 43.1 Å². The number of hydrogen-bond donors (Lipinski definition) is 2. The molecule has 1 unspecified atom stereocenters. The van der Waals surface area contributed by atoms with Crippen LogP contribution in [0, 0.1) is 5.92 Å². The first-order valence-corrected chi connectivity index (χ1v) is 4.89.